The number of aliphatic imine (C=N–C) groups is 1. The fraction of sp³-hybridized carbons (Fsp3) is 0.857. The molecule has 56 valence electrons. The summed E-state index contributed by atoms with van der Waals surface area (Å²) >= 11 is 0. The van der Waals surface area contributed by atoms with Crippen molar-refractivity contribution in [1.82, 2.24) is 5.32 Å². The highest BCUT2D eigenvalue weighted by Crippen LogP contribution is 2.31. The van der Waals surface area contributed by atoms with E-state index in [2.05, 4.69) is 10.3 Å². The standard InChI is InChI=1S/C7H13N3/c8-6(5-1-2-5)7-9-3-4-10-7/h5-6H,1-4,8H2,(H,9,10). The van der Waals surface area contributed by atoms with E-state index in [1.807, 2.05) is 0 Å². The number of hydrogen-bond acceptors (Lipinski definition) is 3. The highest BCUT2D eigenvalue weighted by molar-refractivity contribution is 5.89. The lowest BCUT2D eigenvalue weighted by Gasteiger charge is -2.09. The molecule has 1 saturated carbocycles. The Labute approximate surface area is 60.7 Å². The molecule has 3 N–H and O–H groups in total. The minimum absolute atomic E-state index is 0.211. The summed E-state index contributed by atoms with van der Waals surface area (Å²) in [5.74, 6) is 1.77. The highest BCUT2D eigenvalue weighted by atomic mass is 15.1. The number of nitrogens with zero attached hydrogens (tertiary/aromatic N) is 1. The Balaban J connectivity index is 1.95. The van der Waals surface area contributed by atoms with Crippen LogP contribution in [0.2, 0.25) is 0 Å². The van der Waals surface area contributed by atoms with Crippen molar-refractivity contribution in [3.05, 3.63) is 0 Å². The Morgan fingerprint density at radius 2 is 2.40 bits per heavy atom. The lowest BCUT2D eigenvalue weighted by molar-refractivity contribution is 0.726. The quantitative estimate of drug-likeness (QED) is 0.553. The van der Waals surface area contributed by atoms with Crippen molar-refractivity contribution in [1.29, 1.82) is 0 Å². The van der Waals surface area contributed by atoms with E-state index in [1.54, 1.807) is 0 Å². The van der Waals surface area contributed by atoms with E-state index in [-0.39, 0.29) is 6.04 Å². The van der Waals surface area contributed by atoms with Gasteiger partial charge in [0, 0.05) is 6.54 Å². The molecule has 3 heteroatoms. The Kier molecular flexibility index (Phi) is 1.38. The fourth-order valence-corrected chi connectivity index (χ4v) is 1.32. The van der Waals surface area contributed by atoms with E-state index >= 15 is 0 Å². The first-order valence-electron chi connectivity index (χ1n) is 3.92. The smallest absolute Gasteiger partial charge is 0.114 e. The Morgan fingerprint density at radius 3 is 2.90 bits per heavy atom. The van der Waals surface area contributed by atoms with Gasteiger partial charge in [-0.25, -0.2) is 0 Å². The van der Waals surface area contributed by atoms with Crippen LogP contribution >= 0.6 is 0 Å². The van der Waals surface area contributed by atoms with Gasteiger partial charge in [-0.2, -0.15) is 0 Å². The summed E-state index contributed by atoms with van der Waals surface area (Å²) in [5.41, 5.74) is 5.89. The Morgan fingerprint density at radius 1 is 1.60 bits per heavy atom. The second-order valence-electron chi connectivity index (χ2n) is 3.06. The van der Waals surface area contributed by atoms with Crippen LogP contribution in [0.1, 0.15) is 12.8 Å². The zero-order valence-corrected chi connectivity index (χ0v) is 6.01. The maximum absolute atomic E-state index is 5.89. The maximum Gasteiger partial charge on any atom is 0.114 e. The highest BCUT2D eigenvalue weighted by Gasteiger charge is 2.32. The van der Waals surface area contributed by atoms with Crippen LogP contribution in [0.15, 0.2) is 4.99 Å². The summed E-state index contributed by atoms with van der Waals surface area (Å²) in [7, 11) is 0. The van der Waals surface area contributed by atoms with Gasteiger partial charge < -0.3 is 11.1 Å². The largest absolute Gasteiger partial charge is 0.371 e. The summed E-state index contributed by atoms with van der Waals surface area (Å²) in [4.78, 5) is 4.28. The van der Waals surface area contributed by atoms with Gasteiger partial charge in [0.2, 0.25) is 0 Å². The van der Waals surface area contributed by atoms with Crippen molar-refractivity contribution in [2.24, 2.45) is 16.6 Å². The number of hydrogen-bond donors (Lipinski definition) is 2. The molecule has 1 atom stereocenters. The average molecular weight is 139 g/mol. The molecule has 2 rings (SSSR count). The number of amidine groups is 1. The van der Waals surface area contributed by atoms with Gasteiger partial charge >= 0.3 is 0 Å². The van der Waals surface area contributed by atoms with Gasteiger partial charge in [0.15, 0.2) is 0 Å². The monoisotopic (exact) mass is 139 g/mol. The molecule has 10 heavy (non-hydrogen) atoms. The predicted octanol–water partition coefficient (Wildman–Crippen LogP) is -0.275. The number of nitrogens with one attached hydrogen (secondary N) is 1. The van der Waals surface area contributed by atoms with E-state index < -0.39 is 0 Å². The van der Waals surface area contributed by atoms with E-state index in [0.29, 0.717) is 0 Å². The van der Waals surface area contributed by atoms with Gasteiger partial charge in [0.1, 0.15) is 5.84 Å². The zero-order valence-electron chi connectivity index (χ0n) is 6.01. The van der Waals surface area contributed by atoms with Gasteiger partial charge in [-0.05, 0) is 18.8 Å². The van der Waals surface area contributed by atoms with Gasteiger partial charge in [-0.3, -0.25) is 4.99 Å². The SMILES string of the molecule is NC(C1=NCCN1)C1CC1. The number of rotatable bonds is 2. The molecule has 0 radical (unpaired) electrons. The normalized spacial score (nSPS) is 27.5. The molecule has 1 heterocycles. The minimum atomic E-state index is 0.211. The molecule has 3 nitrogen and oxygen atoms in total. The van der Waals surface area contributed by atoms with E-state index in [0.717, 1.165) is 24.8 Å². The van der Waals surface area contributed by atoms with E-state index in [1.165, 1.54) is 12.8 Å². The molecule has 0 bridgehead atoms. The van der Waals surface area contributed by atoms with Gasteiger partial charge in [0.05, 0.1) is 12.6 Å². The predicted molar refractivity (Wildman–Crippen MR) is 41.0 cm³/mol. The van der Waals surface area contributed by atoms with Crippen molar-refractivity contribution in [2.75, 3.05) is 13.1 Å². The van der Waals surface area contributed by atoms with Crippen molar-refractivity contribution in [3.8, 4) is 0 Å². The summed E-state index contributed by atoms with van der Waals surface area (Å²) in [6.07, 6.45) is 2.59. The maximum atomic E-state index is 5.89. The molecule has 0 amide bonds. The topological polar surface area (TPSA) is 50.4 Å². The van der Waals surface area contributed by atoms with Gasteiger partial charge in [0.25, 0.3) is 0 Å². The third-order valence-corrected chi connectivity index (χ3v) is 2.15. The van der Waals surface area contributed by atoms with Crippen LogP contribution < -0.4 is 11.1 Å². The second-order valence-corrected chi connectivity index (χ2v) is 3.06. The minimum Gasteiger partial charge on any atom is -0.371 e. The van der Waals surface area contributed by atoms with E-state index in [9.17, 15) is 0 Å². The summed E-state index contributed by atoms with van der Waals surface area (Å²) < 4.78 is 0. The molecule has 0 spiro atoms. The molecule has 1 aliphatic heterocycles. The van der Waals surface area contributed by atoms with Crippen LogP contribution in [0.25, 0.3) is 0 Å². The summed E-state index contributed by atoms with van der Waals surface area (Å²) in [6.45, 7) is 1.89. The van der Waals surface area contributed by atoms with Crippen LogP contribution in [-0.4, -0.2) is 25.0 Å². The first-order chi connectivity index (χ1) is 4.88. The molecule has 0 saturated heterocycles. The van der Waals surface area contributed by atoms with Crippen LogP contribution in [-0.2, 0) is 0 Å². The van der Waals surface area contributed by atoms with Crippen molar-refractivity contribution < 1.29 is 0 Å². The second kappa shape index (κ2) is 2.23. The van der Waals surface area contributed by atoms with Crippen LogP contribution in [0.4, 0.5) is 0 Å². The lowest BCUT2D eigenvalue weighted by atomic mass is 10.2. The Bertz CT molecular complexity index is 160. The molecule has 1 fully saturated rings. The number of nitrogens with two attached hydrogens (primary N) is 1. The van der Waals surface area contributed by atoms with Crippen LogP contribution in [0, 0.1) is 5.92 Å². The third-order valence-electron chi connectivity index (χ3n) is 2.15. The molecule has 0 aromatic heterocycles. The van der Waals surface area contributed by atoms with Crippen molar-refractivity contribution in [2.45, 2.75) is 18.9 Å². The van der Waals surface area contributed by atoms with E-state index in [4.69, 9.17) is 5.73 Å². The summed E-state index contributed by atoms with van der Waals surface area (Å²) in [5, 5.41) is 3.20. The summed E-state index contributed by atoms with van der Waals surface area (Å²) in [6, 6.07) is 0.211. The first kappa shape index (κ1) is 6.16. The molecule has 1 unspecified atom stereocenters. The lowest BCUT2D eigenvalue weighted by Crippen LogP contribution is -2.39. The molecule has 0 aromatic rings. The van der Waals surface area contributed by atoms with Crippen molar-refractivity contribution in [3.63, 3.8) is 0 Å². The average Bonchev–Trinajstić information content (AvgIpc) is 2.65. The van der Waals surface area contributed by atoms with Gasteiger partial charge in [-0.15, -0.1) is 0 Å². The molecular formula is C7H13N3. The zero-order chi connectivity index (χ0) is 6.97. The fourth-order valence-electron chi connectivity index (χ4n) is 1.32. The third kappa shape index (κ3) is 1.01. The first-order valence-corrected chi connectivity index (χ1v) is 3.92. The van der Waals surface area contributed by atoms with Crippen molar-refractivity contribution >= 4 is 5.84 Å². The van der Waals surface area contributed by atoms with Gasteiger partial charge in [-0.1, -0.05) is 0 Å². The molecule has 0 aromatic carbocycles. The molecular weight excluding hydrogens is 126 g/mol. The molecule has 2 aliphatic rings. The Hall–Kier alpha value is -0.570. The molecule has 1 aliphatic carbocycles. The van der Waals surface area contributed by atoms with Crippen LogP contribution in [0.3, 0.4) is 0 Å². The van der Waals surface area contributed by atoms with Crippen LogP contribution in [0.5, 0.6) is 0 Å².